The number of benzene rings is 3. The van der Waals surface area contributed by atoms with E-state index in [9.17, 15) is 14.4 Å². The van der Waals surface area contributed by atoms with E-state index in [1.807, 2.05) is 30.3 Å². The first kappa shape index (κ1) is 29.5. The molecule has 39 heavy (non-hydrogen) atoms. The third-order valence-electron chi connectivity index (χ3n) is 6.36. The first-order valence-electron chi connectivity index (χ1n) is 13.4. The lowest BCUT2D eigenvalue weighted by molar-refractivity contribution is -0.129. The molecule has 0 unspecified atom stereocenters. The summed E-state index contributed by atoms with van der Waals surface area (Å²) in [6, 6.07) is 23.9. The van der Waals surface area contributed by atoms with E-state index >= 15 is 0 Å². The molecule has 0 aliphatic rings. The number of rotatable bonds is 14. The van der Waals surface area contributed by atoms with Crippen molar-refractivity contribution >= 4 is 23.5 Å². The van der Waals surface area contributed by atoms with Gasteiger partial charge in [-0.15, -0.1) is 0 Å². The van der Waals surface area contributed by atoms with Gasteiger partial charge in [-0.1, -0.05) is 61.0 Å². The number of unbranched alkanes of at least 4 members (excludes halogenated alkanes) is 2. The van der Waals surface area contributed by atoms with Crippen LogP contribution in [0, 0.1) is 0 Å². The van der Waals surface area contributed by atoms with E-state index in [2.05, 4.69) is 35.1 Å². The lowest BCUT2D eigenvalue weighted by atomic mass is 10.0. The molecule has 0 saturated heterocycles. The minimum absolute atomic E-state index is 0.0953. The van der Waals surface area contributed by atoms with Crippen LogP contribution >= 0.6 is 0 Å². The molecule has 0 fully saturated rings. The molecule has 0 spiro atoms. The van der Waals surface area contributed by atoms with E-state index in [0.29, 0.717) is 18.7 Å². The highest BCUT2D eigenvalue weighted by Crippen LogP contribution is 2.13. The Labute approximate surface area is 230 Å². The number of amides is 2. The van der Waals surface area contributed by atoms with Crippen LogP contribution in [0.15, 0.2) is 78.9 Å². The van der Waals surface area contributed by atoms with Crippen LogP contribution in [0.25, 0.3) is 0 Å². The van der Waals surface area contributed by atoms with E-state index in [1.54, 1.807) is 12.1 Å². The van der Waals surface area contributed by atoms with Gasteiger partial charge in [0.2, 0.25) is 5.91 Å². The fourth-order valence-corrected chi connectivity index (χ4v) is 4.07. The zero-order chi connectivity index (χ0) is 27.9. The van der Waals surface area contributed by atoms with Gasteiger partial charge in [0.1, 0.15) is 0 Å². The molecule has 3 aromatic carbocycles. The average molecular weight is 531 g/mol. The number of hydrogen-bond donors (Lipinski definition) is 4. The van der Waals surface area contributed by atoms with Crippen LogP contribution in [0.1, 0.15) is 59.2 Å². The summed E-state index contributed by atoms with van der Waals surface area (Å²) in [6.45, 7) is 0.565. The molecular formula is C31H38N4O4. The van der Waals surface area contributed by atoms with Crippen LogP contribution in [0.5, 0.6) is 0 Å². The zero-order valence-corrected chi connectivity index (χ0v) is 22.2. The van der Waals surface area contributed by atoms with Crippen LogP contribution < -0.4 is 22.3 Å². The molecule has 0 aliphatic carbocycles. The quantitative estimate of drug-likeness (QED) is 0.183. The Morgan fingerprint density at radius 3 is 2.00 bits per heavy atom. The largest absolute Gasteiger partial charge is 0.362 e. The van der Waals surface area contributed by atoms with Gasteiger partial charge in [0.25, 0.3) is 5.91 Å². The standard InChI is InChI=1S/C31H38N4O4/c32-21-7-6-12-28(33)30(37)34-27-19-17-26(18-20-27)31(38)39-35-29(36)22-25-15-13-24(14-16-25)11-5-4-10-23-8-2-1-3-9-23/h1-3,8-9,13-20,28H,4-7,10-12,21-22,32-33H2,(H,34,37)(H,35,36)/t28-/m0/s1. The molecule has 8 nitrogen and oxygen atoms in total. The fourth-order valence-electron chi connectivity index (χ4n) is 4.07. The summed E-state index contributed by atoms with van der Waals surface area (Å²) in [4.78, 5) is 41.7. The number of nitrogens with two attached hydrogens (primary N) is 2. The van der Waals surface area contributed by atoms with Gasteiger partial charge < -0.3 is 21.6 Å². The van der Waals surface area contributed by atoms with Crippen molar-refractivity contribution in [2.45, 2.75) is 57.4 Å². The molecule has 0 bridgehead atoms. The Bertz CT molecular complexity index is 1180. The lowest BCUT2D eigenvalue weighted by Crippen LogP contribution is -2.35. The predicted molar refractivity (Wildman–Crippen MR) is 153 cm³/mol. The van der Waals surface area contributed by atoms with E-state index in [0.717, 1.165) is 44.1 Å². The Morgan fingerprint density at radius 2 is 1.36 bits per heavy atom. The minimum atomic E-state index is -0.703. The summed E-state index contributed by atoms with van der Waals surface area (Å²) >= 11 is 0. The van der Waals surface area contributed by atoms with E-state index in [4.69, 9.17) is 16.3 Å². The van der Waals surface area contributed by atoms with Gasteiger partial charge in [-0.2, -0.15) is 5.48 Å². The molecule has 3 rings (SSSR count). The van der Waals surface area contributed by atoms with Gasteiger partial charge >= 0.3 is 5.97 Å². The summed E-state index contributed by atoms with van der Waals surface area (Å²) in [6.07, 6.45) is 6.52. The van der Waals surface area contributed by atoms with E-state index in [-0.39, 0.29) is 17.9 Å². The number of hydroxylamine groups is 1. The number of aryl methyl sites for hydroxylation is 2. The Kier molecular flexibility index (Phi) is 12.2. The smallest absolute Gasteiger partial charge is 0.335 e. The van der Waals surface area contributed by atoms with Gasteiger partial charge in [0, 0.05) is 5.69 Å². The molecule has 0 saturated carbocycles. The molecule has 1 atom stereocenters. The number of hydrogen-bond acceptors (Lipinski definition) is 6. The second-order valence-electron chi connectivity index (χ2n) is 9.56. The number of carbonyl (C=O) groups excluding carboxylic acids is 3. The predicted octanol–water partition coefficient (Wildman–Crippen LogP) is 4.08. The topological polar surface area (TPSA) is 137 Å². The van der Waals surface area contributed by atoms with E-state index in [1.165, 1.54) is 23.3 Å². The molecule has 8 heteroatoms. The summed E-state index contributed by atoms with van der Waals surface area (Å²) in [7, 11) is 0. The third-order valence-corrected chi connectivity index (χ3v) is 6.36. The monoisotopic (exact) mass is 530 g/mol. The summed E-state index contributed by atoms with van der Waals surface area (Å²) in [5, 5.41) is 2.72. The van der Waals surface area contributed by atoms with Crippen LogP contribution in [0.4, 0.5) is 5.69 Å². The number of anilines is 1. The molecule has 206 valence electrons. The van der Waals surface area contributed by atoms with Crippen molar-refractivity contribution in [3.05, 3.63) is 101 Å². The molecule has 0 radical (unpaired) electrons. The molecule has 6 N–H and O–H groups in total. The summed E-state index contributed by atoms with van der Waals surface area (Å²) < 4.78 is 0. The van der Waals surface area contributed by atoms with E-state index < -0.39 is 17.9 Å². The molecule has 0 heterocycles. The van der Waals surface area contributed by atoms with Gasteiger partial charge in [-0.05, 0) is 86.0 Å². The van der Waals surface area contributed by atoms with Gasteiger partial charge in [-0.25, -0.2) is 4.79 Å². The van der Waals surface area contributed by atoms with Crippen LogP contribution in [-0.4, -0.2) is 30.4 Å². The van der Waals surface area contributed by atoms with Crippen molar-refractivity contribution < 1.29 is 19.2 Å². The average Bonchev–Trinajstić information content (AvgIpc) is 2.96. The van der Waals surface area contributed by atoms with Crippen molar-refractivity contribution in [1.29, 1.82) is 0 Å². The fraction of sp³-hybridized carbons (Fsp3) is 0.323. The Balaban J connectivity index is 1.35. The maximum atomic E-state index is 12.3. The molecule has 0 aliphatic heterocycles. The van der Waals surface area contributed by atoms with Gasteiger partial charge in [0.05, 0.1) is 18.0 Å². The second-order valence-corrected chi connectivity index (χ2v) is 9.56. The second kappa shape index (κ2) is 16.1. The maximum Gasteiger partial charge on any atom is 0.362 e. The van der Waals surface area contributed by atoms with Crippen LogP contribution in [0.3, 0.4) is 0 Å². The number of carbonyl (C=O) groups is 3. The van der Waals surface area contributed by atoms with Crippen molar-refractivity contribution in [3.63, 3.8) is 0 Å². The van der Waals surface area contributed by atoms with Crippen LogP contribution in [-0.2, 0) is 33.7 Å². The number of nitrogens with one attached hydrogen (secondary N) is 2. The van der Waals surface area contributed by atoms with Crippen molar-refractivity contribution in [3.8, 4) is 0 Å². The van der Waals surface area contributed by atoms with Crippen molar-refractivity contribution in [1.82, 2.24) is 5.48 Å². The normalized spacial score (nSPS) is 11.4. The van der Waals surface area contributed by atoms with Crippen molar-refractivity contribution in [2.24, 2.45) is 11.5 Å². The first-order chi connectivity index (χ1) is 18.9. The highest BCUT2D eigenvalue weighted by molar-refractivity contribution is 5.96. The molecule has 2 amide bonds. The Hall–Kier alpha value is -4.01. The molecular weight excluding hydrogens is 492 g/mol. The zero-order valence-electron chi connectivity index (χ0n) is 22.2. The maximum absolute atomic E-state index is 12.3. The van der Waals surface area contributed by atoms with Crippen molar-refractivity contribution in [2.75, 3.05) is 11.9 Å². The minimum Gasteiger partial charge on any atom is -0.335 e. The first-order valence-corrected chi connectivity index (χ1v) is 13.4. The third kappa shape index (κ3) is 10.7. The highest BCUT2D eigenvalue weighted by atomic mass is 16.7. The van der Waals surface area contributed by atoms with Gasteiger partial charge in [0.15, 0.2) is 0 Å². The molecule has 3 aromatic rings. The highest BCUT2D eigenvalue weighted by Gasteiger charge is 2.14. The van der Waals surface area contributed by atoms with Crippen LogP contribution in [0.2, 0.25) is 0 Å². The summed E-state index contributed by atoms with van der Waals surface area (Å²) in [5.74, 6) is -1.43. The Morgan fingerprint density at radius 1 is 0.744 bits per heavy atom. The SMILES string of the molecule is NCCCC[C@H](N)C(=O)Nc1ccc(C(=O)ONC(=O)Cc2ccc(CCCCc3ccccc3)cc2)cc1. The molecule has 0 aromatic heterocycles. The van der Waals surface area contributed by atoms with Gasteiger partial charge in [-0.3, -0.25) is 9.59 Å². The summed E-state index contributed by atoms with van der Waals surface area (Å²) in [5.41, 5.74) is 17.7. The lowest BCUT2D eigenvalue weighted by Gasteiger charge is -2.12.